The highest BCUT2D eigenvalue weighted by molar-refractivity contribution is 6.08. The number of halogens is 3. The van der Waals surface area contributed by atoms with E-state index < -0.39 is 29.9 Å². The van der Waals surface area contributed by atoms with Crippen molar-refractivity contribution in [2.75, 3.05) is 23.9 Å². The monoisotopic (exact) mass is 652 g/mol. The van der Waals surface area contributed by atoms with Crippen molar-refractivity contribution in [1.82, 2.24) is 29.6 Å². The lowest BCUT2D eigenvalue weighted by atomic mass is 10.0. The van der Waals surface area contributed by atoms with E-state index in [0.29, 0.717) is 30.0 Å². The average Bonchev–Trinajstić information content (AvgIpc) is 3.77. The first-order valence-electron chi connectivity index (χ1n) is 15.0. The summed E-state index contributed by atoms with van der Waals surface area (Å²) in [7, 11) is 1.57. The van der Waals surface area contributed by atoms with Crippen molar-refractivity contribution in [2.45, 2.75) is 25.3 Å². The molecule has 0 bridgehead atoms. The zero-order valence-electron chi connectivity index (χ0n) is 25.4. The number of carbonyl (C=O) groups excluding carboxylic acids is 2. The largest absolute Gasteiger partial charge is 0.497 e. The van der Waals surface area contributed by atoms with Crippen molar-refractivity contribution in [3.63, 3.8) is 0 Å². The number of methoxy groups -OCH3 is 1. The van der Waals surface area contributed by atoms with Crippen LogP contribution in [-0.2, 0) is 4.79 Å². The number of anilines is 2. The molecule has 6 aromatic rings. The molecule has 11 nitrogen and oxygen atoms in total. The van der Waals surface area contributed by atoms with Gasteiger partial charge in [-0.25, -0.2) is 27.4 Å². The summed E-state index contributed by atoms with van der Waals surface area (Å²) in [5.74, 6) is -0.802. The number of nitrogens with zero attached hydrogens (tertiary/aromatic N) is 7. The van der Waals surface area contributed by atoms with Crippen molar-refractivity contribution >= 4 is 28.8 Å². The highest BCUT2D eigenvalue weighted by Crippen LogP contribution is 2.31. The smallest absolute Gasteiger partial charge is 0.280 e. The fourth-order valence-electron chi connectivity index (χ4n) is 5.74. The third-order valence-electron chi connectivity index (χ3n) is 8.15. The Kier molecular flexibility index (Phi) is 8.05. The Balaban J connectivity index is 1.14. The second kappa shape index (κ2) is 12.6. The fraction of sp³-hybridized carbons (Fsp3) is 0.176. The molecule has 1 fully saturated rings. The zero-order valence-corrected chi connectivity index (χ0v) is 25.4. The first kappa shape index (κ1) is 30.6. The number of amides is 2. The summed E-state index contributed by atoms with van der Waals surface area (Å²) in [4.78, 5) is 32.6. The number of rotatable bonds is 8. The molecule has 1 aliphatic heterocycles. The van der Waals surface area contributed by atoms with Crippen molar-refractivity contribution in [2.24, 2.45) is 0 Å². The van der Waals surface area contributed by atoms with Crippen molar-refractivity contribution in [1.29, 1.82) is 0 Å². The van der Waals surface area contributed by atoms with Crippen LogP contribution in [0.1, 0.15) is 41.4 Å². The maximum absolute atomic E-state index is 15.1. The molecule has 1 N–H and O–H groups in total. The second-order valence-corrected chi connectivity index (χ2v) is 11.1. The van der Waals surface area contributed by atoms with Gasteiger partial charge in [0, 0.05) is 29.0 Å². The van der Waals surface area contributed by atoms with Crippen LogP contribution in [-0.4, -0.2) is 55.1 Å². The van der Waals surface area contributed by atoms with Gasteiger partial charge in [-0.05, 0) is 61.4 Å². The third-order valence-corrected chi connectivity index (χ3v) is 8.15. The summed E-state index contributed by atoms with van der Waals surface area (Å²) in [6, 6.07) is 20.5. The molecule has 4 heterocycles. The van der Waals surface area contributed by atoms with Gasteiger partial charge in [-0.1, -0.05) is 35.5 Å². The molecule has 0 aliphatic carbocycles. The summed E-state index contributed by atoms with van der Waals surface area (Å²) in [6.45, 7) is 0.540. The lowest BCUT2D eigenvalue weighted by Crippen LogP contribution is -2.42. The van der Waals surface area contributed by atoms with Crippen LogP contribution in [0, 0.1) is 5.82 Å². The van der Waals surface area contributed by atoms with E-state index in [-0.39, 0.29) is 34.1 Å². The molecule has 0 saturated carbocycles. The number of aromatic nitrogens is 6. The maximum atomic E-state index is 15.1. The maximum Gasteiger partial charge on any atom is 0.280 e. The number of nitrogens with one attached hydrogen (secondary N) is 1. The Morgan fingerprint density at radius 2 is 1.83 bits per heavy atom. The number of fused-ring (bicyclic) bond motifs is 1. The molecule has 3 aromatic carbocycles. The lowest BCUT2D eigenvalue weighted by molar-refractivity contribution is -0.123. The number of piperidine rings is 1. The van der Waals surface area contributed by atoms with Crippen LogP contribution in [0.4, 0.5) is 24.5 Å². The van der Waals surface area contributed by atoms with E-state index in [1.807, 2.05) is 12.1 Å². The minimum Gasteiger partial charge on any atom is -0.497 e. The first-order valence-corrected chi connectivity index (χ1v) is 15.0. The summed E-state index contributed by atoms with van der Waals surface area (Å²) >= 11 is 0. The van der Waals surface area contributed by atoms with E-state index in [4.69, 9.17) is 4.74 Å². The van der Waals surface area contributed by atoms with Crippen LogP contribution in [0.2, 0.25) is 0 Å². The molecule has 242 valence electrons. The van der Waals surface area contributed by atoms with E-state index in [0.717, 1.165) is 18.2 Å². The van der Waals surface area contributed by atoms with Gasteiger partial charge in [0.1, 0.15) is 34.6 Å². The second-order valence-electron chi connectivity index (χ2n) is 11.1. The average molecular weight is 653 g/mol. The minimum absolute atomic E-state index is 0.0404. The zero-order chi connectivity index (χ0) is 33.4. The van der Waals surface area contributed by atoms with Gasteiger partial charge >= 0.3 is 0 Å². The lowest BCUT2D eigenvalue weighted by Gasteiger charge is -2.32. The van der Waals surface area contributed by atoms with E-state index >= 15 is 4.39 Å². The predicted molar refractivity (Wildman–Crippen MR) is 170 cm³/mol. The molecule has 1 aliphatic rings. The molecule has 1 unspecified atom stereocenters. The van der Waals surface area contributed by atoms with Crippen molar-refractivity contribution in [3.05, 3.63) is 108 Å². The SMILES string of the molecule is COc1ccc(N2CCCC(n3cc(-c4cc(NC(=O)c5cnn6c(-c7ccccc7)cc(C(F)F)nc56)ccc4F)nn3)C2=O)cc1. The molecule has 0 radical (unpaired) electrons. The van der Waals surface area contributed by atoms with Crippen LogP contribution in [0.25, 0.3) is 28.2 Å². The van der Waals surface area contributed by atoms with Crippen molar-refractivity contribution in [3.8, 4) is 28.3 Å². The molecule has 14 heteroatoms. The van der Waals surface area contributed by atoms with Gasteiger partial charge in [-0.15, -0.1) is 5.10 Å². The van der Waals surface area contributed by atoms with Gasteiger partial charge in [-0.2, -0.15) is 5.10 Å². The molecule has 48 heavy (non-hydrogen) atoms. The fourth-order valence-corrected chi connectivity index (χ4v) is 5.74. The molecule has 2 amide bonds. The number of ether oxygens (including phenoxy) is 1. The Morgan fingerprint density at radius 3 is 2.58 bits per heavy atom. The van der Waals surface area contributed by atoms with Gasteiger partial charge < -0.3 is 15.0 Å². The molecule has 1 saturated heterocycles. The van der Waals surface area contributed by atoms with Gasteiger partial charge in [0.25, 0.3) is 18.2 Å². The van der Waals surface area contributed by atoms with E-state index in [1.54, 1.807) is 54.5 Å². The molecular weight excluding hydrogens is 625 g/mol. The Bertz CT molecular complexity index is 2130. The van der Waals surface area contributed by atoms with Gasteiger partial charge in [0.2, 0.25) is 0 Å². The third kappa shape index (κ3) is 5.72. The van der Waals surface area contributed by atoms with Gasteiger partial charge in [0.05, 0.1) is 25.2 Å². The Morgan fingerprint density at radius 1 is 1.04 bits per heavy atom. The molecular formula is C34H27F3N8O3. The molecule has 3 aromatic heterocycles. The highest BCUT2D eigenvalue weighted by atomic mass is 19.3. The van der Waals surface area contributed by atoms with Gasteiger partial charge in [0.15, 0.2) is 5.65 Å². The van der Waals surface area contributed by atoms with E-state index in [1.165, 1.54) is 39.8 Å². The highest BCUT2D eigenvalue weighted by Gasteiger charge is 2.32. The number of carbonyl (C=O) groups is 2. The standard InChI is InChI=1S/C34H27F3N8O3/c1-48-23-12-10-22(11-13-23)43-15-5-8-29(34(43)47)44-19-28(41-42-44)24-16-21(9-14-26(24)35)39-33(46)25-18-38-45-30(20-6-3-2-4-7-20)17-27(31(36)37)40-32(25)45/h2-4,6-7,9-14,16-19,29,31H,5,8,15H2,1H3,(H,39,46). The molecule has 0 spiro atoms. The van der Waals surface area contributed by atoms with Crippen LogP contribution in [0.15, 0.2) is 91.3 Å². The van der Waals surface area contributed by atoms with Crippen LogP contribution in [0.5, 0.6) is 5.75 Å². The summed E-state index contributed by atoms with van der Waals surface area (Å²) in [6.07, 6.45) is 1.10. The van der Waals surface area contributed by atoms with E-state index in [2.05, 4.69) is 25.7 Å². The minimum atomic E-state index is -2.88. The van der Waals surface area contributed by atoms with Crippen LogP contribution < -0.4 is 15.0 Å². The first-order chi connectivity index (χ1) is 23.3. The number of hydrogen-bond acceptors (Lipinski definition) is 7. The predicted octanol–water partition coefficient (Wildman–Crippen LogP) is 6.36. The number of hydrogen-bond donors (Lipinski definition) is 1. The summed E-state index contributed by atoms with van der Waals surface area (Å²) < 4.78 is 50.7. The topological polar surface area (TPSA) is 120 Å². The molecule has 1 atom stereocenters. The van der Waals surface area contributed by atoms with Crippen LogP contribution >= 0.6 is 0 Å². The summed E-state index contributed by atoms with van der Waals surface area (Å²) in [5, 5.41) is 15.2. The molecule has 7 rings (SSSR count). The normalized spacial score (nSPS) is 14.9. The van der Waals surface area contributed by atoms with Crippen LogP contribution in [0.3, 0.4) is 0 Å². The quantitative estimate of drug-likeness (QED) is 0.203. The van der Waals surface area contributed by atoms with Crippen molar-refractivity contribution < 1.29 is 27.5 Å². The Labute approximate surface area is 271 Å². The van der Waals surface area contributed by atoms with Gasteiger partial charge in [-0.3, -0.25) is 9.59 Å². The Hall–Kier alpha value is -6.05. The van der Waals surface area contributed by atoms with E-state index in [9.17, 15) is 18.4 Å². The number of benzene rings is 3. The summed E-state index contributed by atoms with van der Waals surface area (Å²) in [5.41, 5.74) is 1.46. The number of alkyl halides is 2.